The number of aliphatic hydroxyl groups excluding tert-OH is 1. The first kappa shape index (κ1) is 15.1. The summed E-state index contributed by atoms with van der Waals surface area (Å²) in [6, 6.07) is 5.71. The number of aliphatic hydroxyl groups is 1. The summed E-state index contributed by atoms with van der Waals surface area (Å²) in [5.41, 5.74) is 0.558. The van der Waals surface area contributed by atoms with Crippen molar-refractivity contribution in [2.24, 2.45) is 0 Å². The van der Waals surface area contributed by atoms with Gasteiger partial charge in [0.2, 0.25) is 0 Å². The average molecular weight is 280 g/mol. The number of β-amino-alcohol motifs (C(OH)–C–C–N with tert-alkyl or cyclic N) is 1. The predicted molar refractivity (Wildman–Crippen MR) is 75.3 cm³/mol. The van der Waals surface area contributed by atoms with Crippen LogP contribution in [0.4, 0.5) is 4.39 Å². The summed E-state index contributed by atoms with van der Waals surface area (Å²) < 4.78 is 12.8. The van der Waals surface area contributed by atoms with E-state index in [4.69, 9.17) is 5.11 Å². The average Bonchev–Trinajstić information content (AvgIpc) is 2.66. The number of hydrogen-bond donors (Lipinski definition) is 1. The molecular formula is C15H21FN2O2. The fourth-order valence-corrected chi connectivity index (χ4v) is 2.48. The van der Waals surface area contributed by atoms with Crippen molar-refractivity contribution < 1.29 is 14.3 Å². The van der Waals surface area contributed by atoms with Crippen molar-refractivity contribution in [2.75, 3.05) is 45.9 Å². The molecule has 0 unspecified atom stereocenters. The molecule has 1 heterocycles. The van der Waals surface area contributed by atoms with Crippen LogP contribution in [0.3, 0.4) is 0 Å². The van der Waals surface area contributed by atoms with E-state index in [2.05, 4.69) is 9.80 Å². The van der Waals surface area contributed by atoms with E-state index < -0.39 is 0 Å². The van der Waals surface area contributed by atoms with Crippen molar-refractivity contribution in [1.82, 2.24) is 9.80 Å². The third-order valence-electron chi connectivity index (χ3n) is 3.63. The molecule has 1 aromatic rings. The number of carbonyl (C=O) groups is 1. The highest BCUT2D eigenvalue weighted by Crippen LogP contribution is 2.07. The molecule has 0 amide bonds. The Labute approximate surface area is 118 Å². The molecule has 1 N–H and O–H groups in total. The van der Waals surface area contributed by atoms with Crippen LogP contribution < -0.4 is 0 Å². The lowest BCUT2D eigenvalue weighted by Crippen LogP contribution is -2.35. The zero-order chi connectivity index (χ0) is 14.4. The molecule has 0 radical (unpaired) electrons. The molecular weight excluding hydrogens is 259 g/mol. The van der Waals surface area contributed by atoms with E-state index >= 15 is 0 Å². The van der Waals surface area contributed by atoms with Gasteiger partial charge in [0.25, 0.3) is 0 Å². The summed E-state index contributed by atoms with van der Waals surface area (Å²) in [5, 5.41) is 8.95. The number of halogens is 1. The zero-order valence-electron chi connectivity index (χ0n) is 11.6. The summed E-state index contributed by atoms with van der Waals surface area (Å²) in [4.78, 5) is 16.5. The van der Waals surface area contributed by atoms with E-state index in [1.54, 1.807) is 0 Å². The summed E-state index contributed by atoms with van der Waals surface area (Å²) in [7, 11) is 0. The number of carbonyl (C=O) groups excluding carboxylic acids is 1. The molecule has 110 valence electrons. The van der Waals surface area contributed by atoms with Crippen LogP contribution in [0.25, 0.3) is 0 Å². The summed E-state index contributed by atoms with van der Waals surface area (Å²) in [5.74, 6) is -0.295. The number of rotatable bonds is 5. The highest BCUT2D eigenvalue weighted by molar-refractivity contribution is 5.97. The molecule has 1 aromatic carbocycles. The van der Waals surface area contributed by atoms with Crippen molar-refractivity contribution >= 4 is 5.78 Å². The van der Waals surface area contributed by atoms with Crippen LogP contribution in [0.15, 0.2) is 24.3 Å². The Hall–Kier alpha value is -1.30. The zero-order valence-corrected chi connectivity index (χ0v) is 11.6. The van der Waals surface area contributed by atoms with Crippen molar-refractivity contribution in [3.8, 4) is 0 Å². The summed E-state index contributed by atoms with van der Waals surface area (Å²) >= 11 is 0. The molecule has 0 bridgehead atoms. The van der Waals surface area contributed by atoms with Crippen LogP contribution in [0.5, 0.6) is 0 Å². The van der Waals surface area contributed by atoms with E-state index in [9.17, 15) is 9.18 Å². The number of hydrogen-bond acceptors (Lipinski definition) is 4. The van der Waals surface area contributed by atoms with Gasteiger partial charge in [0.15, 0.2) is 5.78 Å². The van der Waals surface area contributed by atoms with Gasteiger partial charge in [-0.3, -0.25) is 14.6 Å². The molecule has 1 aliphatic heterocycles. The van der Waals surface area contributed by atoms with Crippen molar-refractivity contribution in [2.45, 2.75) is 6.42 Å². The lowest BCUT2D eigenvalue weighted by atomic mass is 10.1. The molecule has 0 spiro atoms. The second-order valence-electron chi connectivity index (χ2n) is 5.13. The second-order valence-corrected chi connectivity index (χ2v) is 5.13. The van der Waals surface area contributed by atoms with Gasteiger partial charge >= 0.3 is 0 Å². The molecule has 0 aromatic heterocycles. The highest BCUT2D eigenvalue weighted by Gasteiger charge is 2.17. The van der Waals surface area contributed by atoms with E-state index in [1.807, 2.05) is 0 Å². The topological polar surface area (TPSA) is 43.8 Å². The minimum atomic E-state index is -0.323. The highest BCUT2D eigenvalue weighted by atomic mass is 19.1. The first-order chi connectivity index (χ1) is 9.69. The van der Waals surface area contributed by atoms with Crippen LogP contribution in [-0.2, 0) is 0 Å². The standard InChI is InChI=1S/C15H21FN2O2/c16-14-4-2-13(3-5-14)15(20)12-18-7-1-6-17(8-9-18)10-11-19/h2-5,19H,1,6-12H2. The van der Waals surface area contributed by atoms with Gasteiger partial charge in [0.1, 0.15) is 5.82 Å². The maximum atomic E-state index is 12.8. The van der Waals surface area contributed by atoms with Crippen molar-refractivity contribution in [3.63, 3.8) is 0 Å². The Morgan fingerprint density at radius 3 is 2.45 bits per heavy atom. The van der Waals surface area contributed by atoms with E-state index in [0.717, 1.165) is 32.6 Å². The largest absolute Gasteiger partial charge is 0.395 e. The lowest BCUT2D eigenvalue weighted by Gasteiger charge is -2.20. The first-order valence-corrected chi connectivity index (χ1v) is 7.03. The Balaban J connectivity index is 1.86. The van der Waals surface area contributed by atoms with Crippen LogP contribution in [0, 0.1) is 5.82 Å². The molecule has 1 saturated heterocycles. The van der Waals surface area contributed by atoms with Gasteiger partial charge in [-0.05, 0) is 43.8 Å². The number of benzene rings is 1. The smallest absolute Gasteiger partial charge is 0.176 e. The molecule has 4 nitrogen and oxygen atoms in total. The Kier molecular flexibility index (Phi) is 5.64. The number of nitrogens with zero attached hydrogens (tertiary/aromatic N) is 2. The predicted octanol–water partition coefficient (Wildman–Crippen LogP) is 1.01. The molecule has 2 rings (SSSR count). The van der Waals surface area contributed by atoms with Crippen LogP contribution >= 0.6 is 0 Å². The van der Waals surface area contributed by atoms with E-state index in [0.29, 0.717) is 18.7 Å². The van der Waals surface area contributed by atoms with Gasteiger partial charge in [-0.2, -0.15) is 0 Å². The molecule has 1 aliphatic rings. The summed E-state index contributed by atoms with van der Waals surface area (Å²) in [6.45, 7) is 4.79. The third-order valence-corrected chi connectivity index (χ3v) is 3.63. The quantitative estimate of drug-likeness (QED) is 0.818. The minimum Gasteiger partial charge on any atom is -0.395 e. The Bertz CT molecular complexity index is 436. The van der Waals surface area contributed by atoms with Crippen molar-refractivity contribution in [3.05, 3.63) is 35.6 Å². The van der Waals surface area contributed by atoms with Gasteiger partial charge in [-0.25, -0.2) is 4.39 Å². The maximum absolute atomic E-state index is 12.8. The molecule has 1 fully saturated rings. The number of Topliss-reactive ketones (excluding diaryl/α,β-unsaturated/α-hetero) is 1. The molecule has 0 saturated carbocycles. The van der Waals surface area contributed by atoms with Crippen LogP contribution in [0.2, 0.25) is 0 Å². The number of ketones is 1. The summed E-state index contributed by atoms with van der Waals surface area (Å²) in [6.07, 6.45) is 0.997. The monoisotopic (exact) mass is 280 g/mol. The molecule has 20 heavy (non-hydrogen) atoms. The molecule has 5 heteroatoms. The first-order valence-electron chi connectivity index (χ1n) is 7.03. The molecule has 0 aliphatic carbocycles. The lowest BCUT2D eigenvalue weighted by molar-refractivity contribution is 0.0932. The van der Waals surface area contributed by atoms with E-state index in [1.165, 1.54) is 24.3 Å². The van der Waals surface area contributed by atoms with Gasteiger partial charge in [0.05, 0.1) is 13.2 Å². The Morgan fingerprint density at radius 2 is 1.75 bits per heavy atom. The SMILES string of the molecule is O=C(CN1CCCN(CCO)CC1)c1ccc(F)cc1. The van der Waals surface area contributed by atoms with E-state index in [-0.39, 0.29) is 18.2 Å². The normalized spacial score (nSPS) is 17.9. The van der Waals surface area contributed by atoms with Crippen LogP contribution in [-0.4, -0.2) is 66.6 Å². The Morgan fingerprint density at radius 1 is 1.10 bits per heavy atom. The van der Waals surface area contributed by atoms with Crippen LogP contribution in [0.1, 0.15) is 16.8 Å². The van der Waals surface area contributed by atoms with Gasteiger partial charge in [0, 0.05) is 25.2 Å². The fourth-order valence-electron chi connectivity index (χ4n) is 2.48. The second kappa shape index (κ2) is 7.47. The fraction of sp³-hybridized carbons (Fsp3) is 0.533. The third kappa shape index (κ3) is 4.37. The van der Waals surface area contributed by atoms with Gasteiger partial charge in [-0.1, -0.05) is 0 Å². The molecule has 0 atom stereocenters. The van der Waals surface area contributed by atoms with Gasteiger partial charge < -0.3 is 5.11 Å². The van der Waals surface area contributed by atoms with Crippen molar-refractivity contribution in [1.29, 1.82) is 0 Å². The van der Waals surface area contributed by atoms with Gasteiger partial charge in [-0.15, -0.1) is 0 Å². The maximum Gasteiger partial charge on any atom is 0.176 e. The minimum absolute atomic E-state index is 0.0283.